The zero-order valence-electron chi connectivity index (χ0n) is 17.0. The lowest BCUT2D eigenvalue weighted by atomic mass is 9.64. The first-order valence-electron chi connectivity index (χ1n) is 8.38. The Morgan fingerprint density at radius 3 is 1.92 bits per heavy atom. The monoisotopic (exact) mass is 353 g/mol. The average molecular weight is 353 g/mol. The number of carbonyl (C=O) groups is 3. The highest BCUT2D eigenvalue weighted by Crippen LogP contribution is 2.41. The van der Waals surface area contributed by atoms with Gasteiger partial charge >= 0.3 is 5.97 Å². The van der Waals surface area contributed by atoms with Crippen LogP contribution in [0, 0.1) is 10.8 Å². The van der Waals surface area contributed by atoms with E-state index in [4.69, 9.17) is 12.6 Å². The van der Waals surface area contributed by atoms with E-state index in [1.54, 1.807) is 27.7 Å². The molecule has 0 bridgehead atoms. The number of nitrogens with one attached hydrogen (secondary N) is 1. The molecule has 0 aromatic carbocycles. The van der Waals surface area contributed by atoms with E-state index in [1.807, 2.05) is 27.7 Å². The van der Waals surface area contributed by atoms with E-state index in [1.165, 1.54) is 6.92 Å². The summed E-state index contributed by atoms with van der Waals surface area (Å²) in [6, 6.07) is 0. The summed E-state index contributed by atoms with van der Waals surface area (Å²) in [6.07, 6.45) is -0.450. The van der Waals surface area contributed by atoms with Gasteiger partial charge in [0.05, 0.1) is 18.7 Å². The maximum atomic E-state index is 12.9. The predicted octanol–water partition coefficient (Wildman–Crippen LogP) is 2.75. The summed E-state index contributed by atoms with van der Waals surface area (Å²) in [5.41, 5.74) is -2.76. The van der Waals surface area contributed by atoms with Crippen LogP contribution >= 0.6 is 0 Å². The van der Waals surface area contributed by atoms with Gasteiger partial charge in [-0.15, -0.1) is 0 Å². The summed E-state index contributed by atoms with van der Waals surface area (Å²) in [4.78, 5) is 35.7. The molecular weight excluding hydrogens is 321 g/mol. The van der Waals surface area contributed by atoms with Gasteiger partial charge in [0.2, 0.25) is 12.2 Å². The molecule has 0 rings (SSSR count). The molecule has 6 nitrogen and oxygen atoms in total. The lowest BCUT2D eigenvalue weighted by molar-refractivity contribution is -0.191. The van der Waals surface area contributed by atoms with Crippen LogP contribution in [0.25, 0.3) is 0 Å². The Balaban J connectivity index is 5.27. The highest BCUT2D eigenvalue weighted by atomic mass is 16.7. The average Bonchev–Trinajstić information content (AvgIpc) is 2.34. The van der Waals surface area contributed by atoms with E-state index in [9.17, 15) is 14.4 Å². The van der Waals surface area contributed by atoms with Crippen LogP contribution in [0.3, 0.4) is 0 Å². The van der Waals surface area contributed by atoms with Gasteiger partial charge in [0.15, 0.2) is 0 Å². The maximum Gasteiger partial charge on any atom is 0.315 e. The van der Waals surface area contributed by atoms with Crippen molar-refractivity contribution in [1.82, 2.24) is 5.32 Å². The second-order valence-corrected chi connectivity index (χ2v) is 8.96. The second kappa shape index (κ2) is 7.79. The third kappa shape index (κ3) is 6.71. The fourth-order valence-corrected chi connectivity index (χ4v) is 2.59. The third-order valence-electron chi connectivity index (χ3n) is 4.51. The van der Waals surface area contributed by atoms with E-state index < -0.39 is 33.9 Å². The molecule has 0 saturated carbocycles. The fraction of sp³-hybridized carbons (Fsp3) is 0.833. The summed E-state index contributed by atoms with van der Waals surface area (Å²) in [6.45, 7) is 15.8. The molecule has 142 valence electrons. The molecule has 1 N–H and O–H groups in total. The van der Waals surface area contributed by atoms with Gasteiger partial charge in [-0.05, 0) is 48.0 Å². The molecule has 1 amide bonds. The molecule has 0 aliphatic carbocycles. The van der Waals surface area contributed by atoms with Crippen molar-refractivity contribution in [3.05, 3.63) is 0 Å². The lowest BCUT2D eigenvalue weighted by Crippen LogP contribution is -2.56. The maximum absolute atomic E-state index is 12.9. The topological polar surface area (TPSA) is 81.7 Å². The zero-order chi connectivity index (χ0) is 20.3. The van der Waals surface area contributed by atoms with Crippen LogP contribution in [-0.2, 0) is 23.9 Å². The van der Waals surface area contributed by atoms with Crippen LogP contribution in [-0.4, -0.2) is 38.0 Å². The summed E-state index contributed by atoms with van der Waals surface area (Å²) in [5, 5.41) is 2.53. The first-order chi connectivity index (χ1) is 11.0. The molecule has 1 atom stereocenters. The van der Waals surface area contributed by atoms with Crippen LogP contribution in [0.5, 0.6) is 0 Å². The SMILES string of the molecule is [B]C(C)(C)CC(C)(C)NC(=O)C(C)(C)C(C)(C)C(=O)OC(C)OC=O. The standard InChI is InChI=1S/C18H32BNO5/c1-12(24-11-21)25-14(23)18(8,9)17(6,7)13(22)20-16(4,5)10-15(2,3)19/h11-12H,10H2,1-9H3,(H,20,22). The first kappa shape index (κ1) is 23.5. The molecule has 0 fully saturated rings. The van der Waals surface area contributed by atoms with Crippen LogP contribution in [0.1, 0.15) is 68.7 Å². The van der Waals surface area contributed by atoms with Crippen molar-refractivity contribution in [2.75, 3.05) is 0 Å². The molecular formula is C18H32BNO5. The molecule has 7 heteroatoms. The van der Waals surface area contributed by atoms with Crippen LogP contribution in [0.15, 0.2) is 0 Å². The minimum absolute atomic E-state index is 0.208. The van der Waals surface area contributed by atoms with Gasteiger partial charge in [-0.25, -0.2) is 0 Å². The van der Waals surface area contributed by atoms with E-state index in [-0.39, 0.29) is 12.4 Å². The van der Waals surface area contributed by atoms with E-state index in [0.717, 1.165) is 0 Å². The Labute approximate surface area is 152 Å². The van der Waals surface area contributed by atoms with E-state index in [2.05, 4.69) is 10.1 Å². The van der Waals surface area contributed by atoms with E-state index >= 15 is 0 Å². The van der Waals surface area contributed by atoms with Gasteiger partial charge in [0, 0.05) is 12.5 Å². The summed E-state index contributed by atoms with van der Waals surface area (Å²) >= 11 is 0. The summed E-state index contributed by atoms with van der Waals surface area (Å²) in [5.74, 6) is -0.911. The van der Waals surface area contributed by atoms with E-state index in [0.29, 0.717) is 6.42 Å². The molecule has 2 radical (unpaired) electrons. The van der Waals surface area contributed by atoms with Crippen LogP contribution in [0.2, 0.25) is 5.31 Å². The number of amides is 1. The highest BCUT2D eigenvalue weighted by Gasteiger charge is 2.50. The molecule has 1 unspecified atom stereocenters. The normalized spacial score (nSPS) is 14.4. The van der Waals surface area contributed by atoms with Gasteiger partial charge < -0.3 is 14.8 Å². The van der Waals surface area contributed by atoms with Crippen molar-refractivity contribution in [3.8, 4) is 0 Å². The Morgan fingerprint density at radius 2 is 1.52 bits per heavy atom. The quantitative estimate of drug-likeness (QED) is 0.298. The van der Waals surface area contributed by atoms with Crippen LogP contribution in [0.4, 0.5) is 0 Å². The van der Waals surface area contributed by atoms with Crippen molar-refractivity contribution in [2.24, 2.45) is 10.8 Å². The molecule has 0 aliphatic rings. The number of hydrogen-bond donors (Lipinski definition) is 1. The third-order valence-corrected chi connectivity index (χ3v) is 4.51. The van der Waals surface area contributed by atoms with Gasteiger partial charge in [0.1, 0.15) is 0 Å². The molecule has 0 aromatic heterocycles. The van der Waals surface area contributed by atoms with Crippen LogP contribution < -0.4 is 5.32 Å². The Morgan fingerprint density at radius 1 is 1.04 bits per heavy atom. The highest BCUT2D eigenvalue weighted by molar-refractivity contribution is 6.14. The number of hydrogen-bond acceptors (Lipinski definition) is 5. The minimum atomic E-state index is -1.15. The Hall–Kier alpha value is -1.53. The minimum Gasteiger partial charge on any atom is -0.428 e. The van der Waals surface area contributed by atoms with Crippen molar-refractivity contribution in [1.29, 1.82) is 0 Å². The van der Waals surface area contributed by atoms with Gasteiger partial charge in [-0.2, -0.15) is 0 Å². The molecule has 0 spiro atoms. The lowest BCUT2D eigenvalue weighted by Gasteiger charge is -2.42. The predicted molar refractivity (Wildman–Crippen MR) is 96.9 cm³/mol. The van der Waals surface area contributed by atoms with Gasteiger partial charge in [0.25, 0.3) is 6.47 Å². The van der Waals surface area contributed by atoms with Gasteiger partial charge in [-0.3, -0.25) is 14.4 Å². The number of ether oxygens (including phenoxy) is 2. The molecule has 0 saturated heterocycles. The second-order valence-electron chi connectivity index (χ2n) is 8.96. The largest absolute Gasteiger partial charge is 0.428 e. The molecule has 0 aliphatic heterocycles. The van der Waals surface area contributed by atoms with Crippen molar-refractivity contribution in [3.63, 3.8) is 0 Å². The van der Waals surface area contributed by atoms with Crippen molar-refractivity contribution < 1.29 is 23.9 Å². The number of esters is 1. The first-order valence-corrected chi connectivity index (χ1v) is 8.38. The molecule has 0 aromatic rings. The zero-order valence-corrected chi connectivity index (χ0v) is 17.0. The summed E-state index contributed by atoms with van der Waals surface area (Å²) in [7, 11) is 6.06. The smallest absolute Gasteiger partial charge is 0.315 e. The Kier molecular flexibility index (Phi) is 7.32. The number of carbonyl (C=O) groups excluding carboxylic acids is 3. The molecule has 25 heavy (non-hydrogen) atoms. The fourth-order valence-electron chi connectivity index (χ4n) is 2.59. The molecule has 0 heterocycles. The van der Waals surface area contributed by atoms with Crippen molar-refractivity contribution in [2.45, 2.75) is 85.9 Å². The van der Waals surface area contributed by atoms with Crippen molar-refractivity contribution >= 4 is 26.2 Å². The number of rotatable bonds is 9. The Bertz CT molecular complexity index is 506. The summed E-state index contributed by atoms with van der Waals surface area (Å²) < 4.78 is 9.69. The van der Waals surface area contributed by atoms with Gasteiger partial charge in [-0.1, -0.05) is 19.2 Å².